The SMILES string of the molecule is Cc1ccc2oc3cccc(-c4ccc5c(c4)c4ccccc4n5-c4ccccc4)c3c2c1. The maximum Gasteiger partial charge on any atom is 0.136 e. The summed E-state index contributed by atoms with van der Waals surface area (Å²) >= 11 is 0. The zero-order chi connectivity index (χ0) is 21.9. The molecule has 0 saturated carbocycles. The highest BCUT2D eigenvalue weighted by Gasteiger charge is 2.16. The molecule has 0 saturated heterocycles. The van der Waals surface area contributed by atoms with Crippen molar-refractivity contribution in [2.45, 2.75) is 6.92 Å². The quantitative estimate of drug-likeness (QED) is 0.272. The number of furan rings is 1. The first-order chi connectivity index (χ1) is 16.3. The molecule has 0 spiro atoms. The summed E-state index contributed by atoms with van der Waals surface area (Å²) in [4.78, 5) is 0. The fourth-order valence-electron chi connectivity index (χ4n) is 5.18. The number of aryl methyl sites for hydroxylation is 1. The van der Waals surface area contributed by atoms with Crippen LogP contribution >= 0.6 is 0 Å². The van der Waals surface area contributed by atoms with E-state index in [-0.39, 0.29) is 0 Å². The van der Waals surface area contributed by atoms with Crippen molar-refractivity contribution in [2.75, 3.05) is 0 Å². The van der Waals surface area contributed by atoms with E-state index in [0.717, 1.165) is 11.2 Å². The molecule has 0 bridgehead atoms. The van der Waals surface area contributed by atoms with Gasteiger partial charge in [0.05, 0.1) is 11.0 Å². The van der Waals surface area contributed by atoms with Crippen molar-refractivity contribution in [1.29, 1.82) is 0 Å². The second-order valence-corrected chi connectivity index (χ2v) is 8.70. The van der Waals surface area contributed by atoms with Gasteiger partial charge in [-0.05, 0) is 66.6 Å². The molecule has 7 aromatic rings. The van der Waals surface area contributed by atoms with E-state index < -0.39 is 0 Å². The monoisotopic (exact) mass is 423 g/mol. The highest BCUT2D eigenvalue weighted by Crippen LogP contribution is 2.40. The predicted octanol–water partition coefficient (Wildman–Crippen LogP) is 8.66. The van der Waals surface area contributed by atoms with Crippen LogP contribution in [0.25, 0.3) is 60.6 Å². The lowest BCUT2D eigenvalue weighted by Crippen LogP contribution is -1.92. The Balaban J connectivity index is 1.55. The first-order valence-electron chi connectivity index (χ1n) is 11.3. The summed E-state index contributed by atoms with van der Waals surface area (Å²) in [5.41, 5.74) is 9.12. The van der Waals surface area contributed by atoms with E-state index in [0.29, 0.717) is 0 Å². The maximum absolute atomic E-state index is 6.19. The molecule has 2 heterocycles. The molecular formula is C31H21NO. The summed E-state index contributed by atoms with van der Waals surface area (Å²) in [7, 11) is 0. The maximum atomic E-state index is 6.19. The normalized spacial score (nSPS) is 11.8. The smallest absolute Gasteiger partial charge is 0.136 e. The van der Waals surface area contributed by atoms with Crippen LogP contribution in [0.3, 0.4) is 0 Å². The van der Waals surface area contributed by atoms with Crippen molar-refractivity contribution in [3.8, 4) is 16.8 Å². The van der Waals surface area contributed by atoms with Crippen molar-refractivity contribution in [3.05, 3.63) is 115 Å². The van der Waals surface area contributed by atoms with E-state index in [9.17, 15) is 0 Å². The third kappa shape index (κ3) is 2.68. The van der Waals surface area contributed by atoms with Crippen LogP contribution in [0.2, 0.25) is 0 Å². The van der Waals surface area contributed by atoms with Crippen LogP contribution in [0.15, 0.2) is 114 Å². The Morgan fingerprint density at radius 3 is 2.30 bits per heavy atom. The minimum absolute atomic E-state index is 0.930. The molecule has 5 aromatic carbocycles. The van der Waals surface area contributed by atoms with Gasteiger partial charge in [-0.1, -0.05) is 66.2 Å². The largest absolute Gasteiger partial charge is 0.456 e. The molecule has 7 rings (SSSR count). The summed E-state index contributed by atoms with van der Waals surface area (Å²) < 4.78 is 8.54. The molecule has 0 N–H and O–H groups in total. The minimum Gasteiger partial charge on any atom is -0.456 e. The molecule has 0 unspecified atom stereocenters. The number of aromatic nitrogens is 1. The molecule has 0 atom stereocenters. The zero-order valence-electron chi connectivity index (χ0n) is 18.2. The van der Waals surface area contributed by atoms with Crippen LogP contribution in [-0.2, 0) is 0 Å². The number of para-hydroxylation sites is 2. The first kappa shape index (κ1) is 18.3. The summed E-state index contributed by atoms with van der Waals surface area (Å²) in [5, 5.41) is 4.88. The van der Waals surface area contributed by atoms with Crippen molar-refractivity contribution >= 4 is 43.7 Å². The molecular weight excluding hydrogens is 402 g/mol. The van der Waals surface area contributed by atoms with Crippen LogP contribution in [0.4, 0.5) is 0 Å². The van der Waals surface area contributed by atoms with E-state index >= 15 is 0 Å². The fraction of sp³-hybridized carbons (Fsp3) is 0.0323. The van der Waals surface area contributed by atoms with Gasteiger partial charge in [-0.25, -0.2) is 0 Å². The van der Waals surface area contributed by atoms with E-state index in [1.165, 1.54) is 55.0 Å². The van der Waals surface area contributed by atoms with Crippen LogP contribution < -0.4 is 0 Å². The molecule has 0 fully saturated rings. The van der Waals surface area contributed by atoms with Crippen molar-refractivity contribution in [3.63, 3.8) is 0 Å². The molecule has 2 heteroatoms. The lowest BCUT2D eigenvalue weighted by Gasteiger charge is -2.08. The number of rotatable bonds is 2. The van der Waals surface area contributed by atoms with E-state index in [1.807, 2.05) is 0 Å². The first-order valence-corrected chi connectivity index (χ1v) is 11.3. The predicted molar refractivity (Wildman–Crippen MR) is 138 cm³/mol. The third-order valence-electron chi connectivity index (χ3n) is 6.65. The standard InChI is InChI=1S/C31H21NO/c1-20-14-17-29-26(18-20)31-23(11-7-13-30(31)33-29)21-15-16-28-25(19-21)24-10-5-6-12-27(24)32(28)22-8-3-2-4-9-22/h2-19H,1H3. The highest BCUT2D eigenvalue weighted by atomic mass is 16.3. The molecule has 33 heavy (non-hydrogen) atoms. The Kier molecular flexibility index (Phi) is 3.80. The van der Waals surface area contributed by atoms with Crippen LogP contribution in [0, 0.1) is 6.92 Å². The Morgan fingerprint density at radius 1 is 0.576 bits per heavy atom. The second-order valence-electron chi connectivity index (χ2n) is 8.70. The molecule has 2 nitrogen and oxygen atoms in total. The van der Waals surface area contributed by atoms with E-state index in [4.69, 9.17) is 4.42 Å². The van der Waals surface area contributed by atoms with Gasteiger partial charge in [0.25, 0.3) is 0 Å². The molecule has 0 radical (unpaired) electrons. The molecule has 2 aromatic heterocycles. The number of benzene rings is 5. The number of nitrogens with zero attached hydrogens (tertiary/aromatic N) is 1. The van der Waals surface area contributed by atoms with Gasteiger partial charge >= 0.3 is 0 Å². The van der Waals surface area contributed by atoms with Gasteiger partial charge in [0.2, 0.25) is 0 Å². The molecule has 0 amide bonds. The Labute approximate surface area is 191 Å². The highest BCUT2D eigenvalue weighted by molar-refractivity contribution is 6.15. The van der Waals surface area contributed by atoms with Gasteiger partial charge in [-0.15, -0.1) is 0 Å². The molecule has 156 valence electrons. The van der Waals surface area contributed by atoms with Gasteiger partial charge in [0.1, 0.15) is 11.2 Å². The average Bonchev–Trinajstić information content (AvgIpc) is 3.39. The van der Waals surface area contributed by atoms with Gasteiger partial charge in [-0.3, -0.25) is 0 Å². The molecule has 0 aliphatic carbocycles. The minimum atomic E-state index is 0.930. The Hall–Kier alpha value is -4.30. The van der Waals surface area contributed by atoms with E-state index in [1.54, 1.807) is 0 Å². The van der Waals surface area contributed by atoms with Gasteiger partial charge in [0.15, 0.2) is 0 Å². The number of fused-ring (bicyclic) bond motifs is 6. The summed E-state index contributed by atoms with van der Waals surface area (Å²) in [5.74, 6) is 0. The van der Waals surface area contributed by atoms with E-state index in [2.05, 4.69) is 121 Å². The van der Waals surface area contributed by atoms with Crippen molar-refractivity contribution in [1.82, 2.24) is 4.57 Å². The second kappa shape index (κ2) is 6.85. The third-order valence-corrected chi connectivity index (χ3v) is 6.65. The lowest BCUT2D eigenvalue weighted by molar-refractivity contribution is 0.669. The fourth-order valence-corrected chi connectivity index (χ4v) is 5.18. The summed E-state index contributed by atoms with van der Waals surface area (Å²) in [6.45, 7) is 2.13. The van der Waals surface area contributed by atoms with Gasteiger partial charge in [-0.2, -0.15) is 0 Å². The van der Waals surface area contributed by atoms with Gasteiger partial charge < -0.3 is 8.98 Å². The Bertz CT molecular complexity index is 1820. The number of hydrogen-bond acceptors (Lipinski definition) is 1. The van der Waals surface area contributed by atoms with Crippen LogP contribution in [0.1, 0.15) is 5.56 Å². The van der Waals surface area contributed by atoms with Gasteiger partial charge in [0, 0.05) is 27.2 Å². The summed E-state index contributed by atoms with van der Waals surface area (Å²) in [6.07, 6.45) is 0. The lowest BCUT2D eigenvalue weighted by atomic mass is 9.97. The van der Waals surface area contributed by atoms with Crippen molar-refractivity contribution in [2.24, 2.45) is 0 Å². The number of hydrogen-bond donors (Lipinski definition) is 0. The Morgan fingerprint density at radius 2 is 1.39 bits per heavy atom. The molecule has 0 aliphatic heterocycles. The van der Waals surface area contributed by atoms with Crippen LogP contribution in [-0.4, -0.2) is 4.57 Å². The van der Waals surface area contributed by atoms with Crippen molar-refractivity contribution < 1.29 is 4.42 Å². The van der Waals surface area contributed by atoms with Crippen LogP contribution in [0.5, 0.6) is 0 Å². The zero-order valence-corrected chi connectivity index (χ0v) is 18.2. The average molecular weight is 424 g/mol. The molecule has 0 aliphatic rings. The summed E-state index contributed by atoms with van der Waals surface area (Å²) in [6, 6.07) is 38.8. The topological polar surface area (TPSA) is 18.1 Å².